The first-order valence-corrected chi connectivity index (χ1v) is 14.5. The van der Waals surface area contributed by atoms with Gasteiger partial charge >= 0.3 is 23.9 Å². The van der Waals surface area contributed by atoms with E-state index in [1.165, 1.54) is 25.3 Å². The van der Waals surface area contributed by atoms with Gasteiger partial charge in [0.15, 0.2) is 0 Å². The number of aliphatic carboxylic acids is 2. The van der Waals surface area contributed by atoms with Crippen molar-refractivity contribution in [3.63, 3.8) is 0 Å². The van der Waals surface area contributed by atoms with E-state index in [0.717, 1.165) is 10.8 Å². The number of carbonyl (C=O) groups is 4. The lowest BCUT2D eigenvalue weighted by molar-refractivity contribution is -0.384. The van der Waals surface area contributed by atoms with Crippen molar-refractivity contribution in [3.8, 4) is 5.75 Å². The molecule has 3 aromatic rings. The van der Waals surface area contributed by atoms with E-state index in [1.54, 1.807) is 19.9 Å². The van der Waals surface area contributed by atoms with Crippen molar-refractivity contribution in [2.75, 3.05) is 33.4 Å². The summed E-state index contributed by atoms with van der Waals surface area (Å²) in [6, 6.07) is 19.3. The fourth-order valence-electron chi connectivity index (χ4n) is 4.93. The van der Waals surface area contributed by atoms with Crippen molar-refractivity contribution < 1.29 is 53.6 Å². The van der Waals surface area contributed by atoms with Crippen molar-refractivity contribution in [3.05, 3.63) is 105 Å². The molecule has 5 N–H and O–H groups in total. The van der Waals surface area contributed by atoms with Crippen LogP contribution in [0.25, 0.3) is 10.8 Å². The lowest BCUT2D eigenvalue weighted by Gasteiger charge is -2.30. The molecule has 0 saturated heterocycles. The van der Waals surface area contributed by atoms with Crippen molar-refractivity contribution >= 4 is 40.3 Å². The summed E-state index contributed by atoms with van der Waals surface area (Å²) in [7, 11) is 1.23. The van der Waals surface area contributed by atoms with Gasteiger partial charge in [-0.05, 0) is 30.9 Å². The Hall–Kier alpha value is -5.80. The van der Waals surface area contributed by atoms with Gasteiger partial charge in [-0.3, -0.25) is 10.1 Å². The summed E-state index contributed by atoms with van der Waals surface area (Å²) in [4.78, 5) is 55.1. The molecule has 15 nitrogen and oxygen atoms in total. The Balaban J connectivity index is 0.000000952. The second kappa shape index (κ2) is 17.2. The van der Waals surface area contributed by atoms with Gasteiger partial charge in [-0.1, -0.05) is 48.5 Å². The number of hydrogen-bond donors (Lipinski definition) is 5. The molecule has 254 valence electrons. The van der Waals surface area contributed by atoms with Gasteiger partial charge < -0.3 is 40.2 Å². The first-order chi connectivity index (χ1) is 22.8. The van der Waals surface area contributed by atoms with E-state index in [2.05, 4.69) is 10.6 Å². The van der Waals surface area contributed by atoms with Crippen molar-refractivity contribution in [1.82, 2.24) is 10.6 Å². The number of methoxy groups -OCH3 is 1. The number of non-ortho nitro benzene ring substituents is 1. The molecule has 1 aliphatic heterocycles. The summed E-state index contributed by atoms with van der Waals surface area (Å²) >= 11 is 0. The van der Waals surface area contributed by atoms with Crippen LogP contribution < -0.4 is 15.4 Å². The number of hydrogen-bond acceptors (Lipinski definition) is 12. The lowest BCUT2D eigenvalue weighted by Crippen LogP contribution is -2.35. The average molecular weight is 666 g/mol. The van der Waals surface area contributed by atoms with Gasteiger partial charge in [0.25, 0.3) is 5.69 Å². The van der Waals surface area contributed by atoms with Crippen LogP contribution in [0, 0.1) is 10.1 Å². The molecular weight excluding hydrogens is 630 g/mol. The smallest absolute Gasteiger partial charge is 0.414 e. The van der Waals surface area contributed by atoms with Crippen LogP contribution in [-0.2, 0) is 28.7 Å². The predicted molar refractivity (Wildman–Crippen MR) is 171 cm³/mol. The number of nitro groups is 1. The Morgan fingerprint density at radius 3 is 2.21 bits per heavy atom. The van der Waals surface area contributed by atoms with Crippen molar-refractivity contribution in [2.45, 2.75) is 25.9 Å². The molecule has 15 heteroatoms. The van der Waals surface area contributed by atoms with E-state index >= 15 is 0 Å². The highest BCUT2D eigenvalue weighted by molar-refractivity contribution is 6.27. The molecule has 0 aromatic heterocycles. The highest BCUT2D eigenvalue weighted by atomic mass is 16.6. The standard InChI is InChI=1S/C31H33N3O8.C2H2O4/c1-19-27(30(36)40-3)29(22-10-6-11-23(16-22)34(38)39)28(20(2)33-19)31(37)41-15-14-32-17-24(35)18-42-26-13-7-9-21-8-4-5-12-25(21)26;3-1(4)2(5)6/h4-13,16,24,29,32-33,35H,14-15,17-18H2,1-3H3;(H,3,4)(H,5,6). The van der Waals surface area contributed by atoms with E-state index in [4.69, 9.17) is 34.0 Å². The van der Waals surface area contributed by atoms with Gasteiger partial charge in [-0.2, -0.15) is 0 Å². The Kier molecular flexibility index (Phi) is 13.1. The number of dihydropyridines is 1. The zero-order chi connectivity index (χ0) is 35.4. The van der Waals surface area contributed by atoms with Crippen molar-refractivity contribution in [2.24, 2.45) is 0 Å². The Bertz CT molecular complexity index is 1730. The average Bonchev–Trinajstić information content (AvgIpc) is 3.06. The normalized spacial score (nSPS) is 14.6. The summed E-state index contributed by atoms with van der Waals surface area (Å²) in [5.74, 6) is -5.26. The fourth-order valence-corrected chi connectivity index (χ4v) is 4.93. The SMILES string of the molecule is COC(=O)C1=C(C)NC(C)=C(C(=O)OCCNCC(O)COc2cccc3ccccc23)C1c1cccc([N+](=O)[O-])c1.O=C(O)C(=O)O. The number of nitrogens with zero attached hydrogens (tertiary/aromatic N) is 1. The highest BCUT2D eigenvalue weighted by Crippen LogP contribution is 2.40. The number of carboxylic acids is 2. The van der Waals surface area contributed by atoms with Crippen LogP contribution in [0.1, 0.15) is 25.3 Å². The lowest BCUT2D eigenvalue weighted by atomic mass is 9.80. The van der Waals surface area contributed by atoms with E-state index in [9.17, 15) is 24.8 Å². The summed E-state index contributed by atoms with van der Waals surface area (Å²) in [6.07, 6.45) is -0.804. The van der Waals surface area contributed by atoms with Crippen LogP contribution in [0.4, 0.5) is 5.69 Å². The third-order valence-corrected chi connectivity index (χ3v) is 7.06. The second-order valence-electron chi connectivity index (χ2n) is 10.4. The minimum absolute atomic E-state index is 0.0234. The van der Waals surface area contributed by atoms with Gasteiger partial charge in [-0.15, -0.1) is 0 Å². The number of fused-ring (bicyclic) bond motifs is 1. The van der Waals surface area contributed by atoms with E-state index in [0.29, 0.717) is 22.7 Å². The maximum absolute atomic E-state index is 13.3. The van der Waals surface area contributed by atoms with Crippen LogP contribution >= 0.6 is 0 Å². The second-order valence-corrected chi connectivity index (χ2v) is 10.4. The van der Waals surface area contributed by atoms with Crippen LogP contribution in [0.15, 0.2) is 89.3 Å². The number of nitro benzene ring substituents is 1. The first-order valence-electron chi connectivity index (χ1n) is 14.5. The number of benzene rings is 3. The molecule has 4 rings (SSSR count). The molecule has 3 aromatic carbocycles. The summed E-state index contributed by atoms with van der Waals surface area (Å²) in [6.45, 7) is 3.84. The van der Waals surface area contributed by atoms with Crippen LogP contribution in [0.5, 0.6) is 5.75 Å². The first kappa shape index (κ1) is 36.7. The Labute approximate surface area is 274 Å². The molecular formula is C33H35N3O12. The maximum atomic E-state index is 13.3. The van der Waals surface area contributed by atoms with Crippen LogP contribution in [0.2, 0.25) is 0 Å². The number of ether oxygens (including phenoxy) is 3. The number of aliphatic hydroxyl groups excluding tert-OH is 1. The molecule has 2 unspecified atom stereocenters. The Morgan fingerprint density at radius 2 is 1.56 bits per heavy atom. The number of nitrogens with one attached hydrogen (secondary N) is 2. The van der Waals surface area contributed by atoms with Gasteiger partial charge in [0.1, 0.15) is 25.1 Å². The molecule has 0 aliphatic carbocycles. The molecule has 0 fully saturated rings. The van der Waals surface area contributed by atoms with Gasteiger partial charge in [-0.25, -0.2) is 19.2 Å². The maximum Gasteiger partial charge on any atom is 0.414 e. The quantitative estimate of drug-likeness (QED) is 0.0617. The molecule has 0 amide bonds. The number of rotatable bonds is 12. The molecule has 1 aliphatic rings. The Morgan fingerprint density at radius 1 is 0.938 bits per heavy atom. The van der Waals surface area contributed by atoms with Crippen molar-refractivity contribution in [1.29, 1.82) is 0 Å². The summed E-state index contributed by atoms with van der Waals surface area (Å²) in [5.41, 5.74) is 1.42. The molecule has 2 atom stereocenters. The monoisotopic (exact) mass is 665 g/mol. The zero-order valence-electron chi connectivity index (χ0n) is 26.3. The highest BCUT2D eigenvalue weighted by Gasteiger charge is 2.38. The molecule has 1 heterocycles. The van der Waals surface area contributed by atoms with Gasteiger partial charge in [0.05, 0.1) is 29.1 Å². The van der Waals surface area contributed by atoms with Crippen LogP contribution in [-0.4, -0.2) is 83.6 Å². The van der Waals surface area contributed by atoms with Gasteiger partial charge in [0, 0.05) is 42.0 Å². The number of allylic oxidation sites excluding steroid dienone is 2. The van der Waals surface area contributed by atoms with Gasteiger partial charge in [0.2, 0.25) is 0 Å². The number of carboxylic acid groups (broad SMARTS) is 2. The fraction of sp³-hybridized carbons (Fsp3) is 0.273. The van der Waals surface area contributed by atoms with E-state index in [-0.39, 0.29) is 43.1 Å². The summed E-state index contributed by atoms with van der Waals surface area (Å²) < 4.78 is 16.3. The van der Waals surface area contributed by atoms with E-state index < -0.39 is 40.8 Å². The molecule has 0 bridgehead atoms. The molecule has 0 radical (unpaired) electrons. The third kappa shape index (κ3) is 9.60. The number of esters is 2. The number of aliphatic hydroxyl groups is 1. The summed E-state index contributed by atoms with van der Waals surface area (Å²) in [5, 5.41) is 44.6. The zero-order valence-corrected chi connectivity index (χ0v) is 26.3. The minimum atomic E-state index is -1.82. The molecule has 0 saturated carbocycles. The molecule has 48 heavy (non-hydrogen) atoms. The van der Waals surface area contributed by atoms with Crippen LogP contribution in [0.3, 0.4) is 0 Å². The van der Waals surface area contributed by atoms with E-state index in [1.807, 2.05) is 42.5 Å². The largest absolute Gasteiger partial charge is 0.490 e. The minimum Gasteiger partial charge on any atom is -0.490 e. The topological polar surface area (TPSA) is 224 Å². The predicted octanol–water partition coefficient (Wildman–Crippen LogP) is 2.88. The number of carbonyl (C=O) groups excluding carboxylic acids is 2. The molecule has 0 spiro atoms. The third-order valence-electron chi connectivity index (χ3n) is 7.06.